The first-order valence-electron chi connectivity index (χ1n) is 11.9. The van der Waals surface area contributed by atoms with Crippen LogP contribution >= 0.6 is 0 Å². The quantitative estimate of drug-likeness (QED) is 0.510. The fourth-order valence-corrected chi connectivity index (χ4v) is 4.46. The molecule has 7 heteroatoms. The van der Waals surface area contributed by atoms with Crippen LogP contribution in [-0.4, -0.2) is 112 Å². The number of guanidine groups is 1. The fourth-order valence-electron chi connectivity index (χ4n) is 4.46. The molecular weight excluding hydrogens is 366 g/mol. The largest absolute Gasteiger partial charge is 0.376 e. The highest BCUT2D eigenvalue weighted by atomic mass is 16.5. The summed E-state index contributed by atoms with van der Waals surface area (Å²) < 4.78 is 12.0. The first-order chi connectivity index (χ1) is 14.2. The van der Waals surface area contributed by atoms with Gasteiger partial charge in [0, 0.05) is 45.9 Å². The average molecular weight is 410 g/mol. The Balaban J connectivity index is 1.38. The summed E-state index contributed by atoms with van der Waals surface area (Å²) in [4.78, 5) is 12.3. The SMILES string of the molecule is CCNC(=NCCN1CCCN(C)CC1)N1CCC(OCC2CCCCO2)CC1. The maximum atomic E-state index is 6.17. The van der Waals surface area contributed by atoms with E-state index in [4.69, 9.17) is 14.5 Å². The second kappa shape index (κ2) is 12.7. The Hall–Kier alpha value is -0.890. The van der Waals surface area contributed by atoms with Gasteiger partial charge in [-0.15, -0.1) is 0 Å². The van der Waals surface area contributed by atoms with E-state index in [9.17, 15) is 0 Å². The van der Waals surface area contributed by atoms with Gasteiger partial charge in [-0.2, -0.15) is 0 Å². The topological polar surface area (TPSA) is 52.6 Å². The molecule has 0 aromatic rings. The summed E-state index contributed by atoms with van der Waals surface area (Å²) in [6.45, 7) is 13.5. The highest BCUT2D eigenvalue weighted by molar-refractivity contribution is 5.80. The monoisotopic (exact) mass is 409 g/mol. The van der Waals surface area contributed by atoms with Gasteiger partial charge < -0.3 is 29.5 Å². The van der Waals surface area contributed by atoms with Crippen LogP contribution in [0.5, 0.6) is 0 Å². The lowest BCUT2D eigenvalue weighted by Gasteiger charge is -2.35. The van der Waals surface area contributed by atoms with Crippen molar-refractivity contribution in [3.8, 4) is 0 Å². The summed E-state index contributed by atoms with van der Waals surface area (Å²) >= 11 is 0. The van der Waals surface area contributed by atoms with E-state index in [2.05, 4.69) is 34.0 Å². The number of aliphatic imine (C=N–C) groups is 1. The zero-order valence-electron chi connectivity index (χ0n) is 18.8. The summed E-state index contributed by atoms with van der Waals surface area (Å²) in [5.41, 5.74) is 0. The minimum absolute atomic E-state index is 0.319. The molecule has 0 bridgehead atoms. The van der Waals surface area contributed by atoms with Crippen molar-refractivity contribution < 1.29 is 9.47 Å². The fraction of sp³-hybridized carbons (Fsp3) is 0.955. The lowest BCUT2D eigenvalue weighted by Crippen LogP contribution is -2.47. The van der Waals surface area contributed by atoms with Gasteiger partial charge in [0.15, 0.2) is 5.96 Å². The third-order valence-corrected chi connectivity index (χ3v) is 6.36. The van der Waals surface area contributed by atoms with Crippen molar-refractivity contribution in [1.82, 2.24) is 20.0 Å². The maximum absolute atomic E-state index is 6.17. The molecule has 3 rings (SSSR count). The third kappa shape index (κ3) is 8.04. The lowest BCUT2D eigenvalue weighted by atomic mass is 10.1. The molecule has 3 saturated heterocycles. The van der Waals surface area contributed by atoms with Crippen molar-refractivity contribution in [2.24, 2.45) is 4.99 Å². The number of nitrogens with zero attached hydrogens (tertiary/aromatic N) is 4. The van der Waals surface area contributed by atoms with E-state index in [1.165, 1.54) is 38.9 Å². The van der Waals surface area contributed by atoms with Crippen LogP contribution in [0.25, 0.3) is 0 Å². The number of hydrogen-bond acceptors (Lipinski definition) is 5. The van der Waals surface area contributed by atoms with Crippen molar-refractivity contribution >= 4 is 5.96 Å². The molecule has 0 radical (unpaired) electrons. The first kappa shape index (κ1) is 22.8. The molecule has 0 saturated carbocycles. The van der Waals surface area contributed by atoms with Gasteiger partial charge in [0.05, 0.1) is 25.4 Å². The number of ether oxygens (including phenoxy) is 2. The smallest absolute Gasteiger partial charge is 0.193 e. The lowest BCUT2D eigenvalue weighted by molar-refractivity contribution is -0.0721. The van der Waals surface area contributed by atoms with Crippen LogP contribution in [0.1, 0.15) is 45.4 Å². The molecule has 3 heterocycles. The van der Waals surface area contributed by atoms with Gasteiger partial charge in [-0.1, -0.05) is 0 Å². The van der Waals surface area contributed by atoms with E-state index in [1.807, 2.05) is 0 Å². The standard InChI is InChI=1S/C22H43N5O2/c1-3-23-22(24-10-15-26-12-6-11-25(2)16-17-26)27-13-8-20(9-14-27)29-19-21-7-4-5-18-28-21/h20-21H,3-19H2,1-2H3,(H,23,24). The van der Waals surface area contributed by atoms with E-state index < -0.39 is 0 Å². The number of rotatable bonds is 7. The van der Waals surface area contributed by atoms with E-state index in [1.54, 1.807) is 0 Å². The average Bonchev–Trinajstić information content (AvgIpc) is 2.97. The molecule has 168 valence electrons. The van der Waals surface area contributed by atoms with Crippen LogP contribution in [0.2, 0.25) is 0 Å². The molecule has 0 aromatic carbocycles. The summed E-state index contributed by atoms with van der Waals surface area (Å²) in [7, 11) is 2.22. The number of hydrogen-bond donors (Lipinski definition) is 1. The zero-order chi connectivity index (χ0) is 20.3. The molecule has 0 aromatic heterocycles. The third-order valence-electron chi connectivity index (χ3n) is 6.36. The van der Waals surface area contributed by atoms with Crippen LogP contribution in [0, 0.1) is 0 Å². The number of nitrogens with one attached hydrogen (secondary N) is 1. The molecule has 3 fully saturated rings. The Morgan fingerprint density at radius 2 is 1.90 bits per heavy atom. The summed E-state index contributed by atoms with van der Waals surface area (Å²) in [5.74, 6) is 1.08. The molecule has 0 aliphatic carbocycles. The predicted molar refractivity (Wildman–Crippen MR) is 119 cm³/mol. The highest BCUT2D eigenvalue weighted by Gasteiger charge is 2.24. The summed E-state index contributed by atoms with van der Waals surface area (Å²) in [5, 5.41) is 3.50. The molecule has 0 amide bonds. The van der Waals surface area contributed by atoms with E-state index >= 15 is 0 Å². The Morgan fingerprint density at radius 1 is 1.03 bits per heavy atom. The first-order valence-corrected chi connectivity index (χ1v) is 11.9. The van der Waals surface area contributed by atoms with Crippen molar-refractivity contribution in [3.05, 3.63) is 0 Å². The zero-order valence-corrected chi connectivity index (χ0v) is 18.8. The molecule has 1 unspecified atom stereocenters. The number of likely N-dealkylation sites (N-methyl/N-ethyl adjacent to an activating group) is 1. The van der Waals surface area contributed by atoms with E-state index in [-0.39, 0.29) is 0 Å². The van der Waals surface area contributed by atoms with Crippen molar-refractivity contribution in [2.45, 2.75) is 57.7 Å². The molecule has 3 aliphatic heterocycles. The molecule has 7 nitrogen and oxygen atoms in total. The number of piperidine rings is 1. The van der Waals surface area contributed by atoms with Crippen molar-refractivity contribution in [1.29, 1.82) is 0 Å². The van der Waals surface area contributed by atoms with Crippen LogP contribution in [-0.2, 0) is 9.47 Å². The van der Waals surface area contributed by atoms with Gasteiger partial charge in [-0.25, -0.2) is 0 Å². The summed E-state index contributed by atoms with van der Waals surface area (Å²) in [6.07, 6.45) is 7.75. The normalized spacial score (nSPS) is 26.5. The minimum atomic E-state index is 0.319. The van der Waals surface area contributed by atoms with Crippen LogP contribution in [0.4, 0.5) is 0 Å². The molecule has 0 spiro atoms. The van der Waals surface area contributed by atoms with Crippen molar-refractivity contribution in [3.63, 3.8) is 0 Å². The van der Waals surface area contributed by atoms with Gasteiger partial charge in [0.25, 0.3) is 0 Å². The molecule has 1 atom stereocenters. The summed E-state index contributed by atoms with van der Waals surface area (Å²) in [6, 6.07) is 0. The Labute approximate surface area is 177 Å². The second-order valence-corrected chi connectivity index (χ2v) is 8.74. The number of likely N-dealkylation sites (tertiary alicyclic amines) is 1. The Morgan fingerprint density at radius 3 is 2.66 bits per heavy atom. The van der Waals surface area contributed by atoms with Gasteiger partial charge in [-0.05, 0) is 65.6 Å². The molecular formula is C22H43N5O2. The van der Waals surface area contributed by atoms with Crippen LogP contribution < -0.4 is 5.32 Å². The minimum Gasteiger partial charge on any atom is -0.376 e. The van der Waals surface area contributed by atoms with E-state index in [0.717, 1.165) is 77.7 Å². The second-order valence-electron chi connectivity index (χ2n) is 8.74. The van der Waals surface area contributed by atoms with Crippen LogP contribution in [0.15, 0.2) is 4.99 Å². The van der Waals surface area contributed by atoms with Gasteiger partial charge in [-0.3, -0.25) is 4.99 Å². The van der Waals surface area contributed by atoms with Crippen molar-refractivity contribution in [2.75, 3.05) is 79.2 Å². The van der Waals surface area contributed by atoms with Crippen LogP contribution in [0.3, 0.4) is 0 Å². The maximum Gasteiger partial charge on any atom is 0.193 e. The molecule has 3 aliphatic rings. The predicted octanol–water partition coefficient (Wildman–Crippen LogP) is 1.64. The van der Waals surface area contributed by atoms with Gasteiger partial charge in [0.2, 0.25) is 0 Å². The Bertz CT molecular complexity index is 476. The Kier molecular flexibility index (Phi) is 10.00. The van der Waals surface area contributed by atoms with Gasteiger partial charge in [0.1, 0.15) is 0 Å². The van der Waals surface area contributed by atoms with E-state index in [0.29, 0.717) is 12.2 Å². The van der Waals surface area contributed by atoms with Gasteiger partial charge >= 0.3 is 0 Å². The highest BCUT2D eigenvalue weighted by Crippen LogP contribution is 2.18. The molecule has 29 heavy (non-hydrogen) atoms. The molecule has 1 N–H and O–H groups in total.